The van der Waals surface area contributed by atoms with Gasteiger partial charge in [0.1, 0.15) is 0 Å². The van der Waals surface area contributed by atoms with Crippen LogP contribution >= 0.6 is 11.3 Å². The Hall–Kier alpha value is -2.51. The first kappa shape index (κ1) is 19.8. The first-order valence-electron chi connectivity index (χ1n) is 9.95. The molecule has 1 fully saturated rings. The fourth-order valence-corrected chi connectivity index (χ4v) is 4.63. The quantitative estimate of drug-likeness (QED) is 0.669. The molecule has 0 radical (unpaired) electrons. The zero-order valence-electron chi connectivity index (χ0n) is 17.1. The summed E-state index contributed by atoms with van der Waals surface area (Å²) >= 11 is 1.62. The normalized spacial score (nSPS) is 15.6. The number of rotatable bonds is 5. The number of hydrogen-bond acceptors (Lipinski definition) is 6. The molecule has 0 aliphatic carbocycles. The molecule has 2 aromatic heterocycles. The van der Waals surface area contributed by atoms with Crippen molar-refractivity contribution < 1.29 is 9.21 Å². The number of amides is 1. The van der Waals surface area contributed by atoms with Crippen molar-refractivity contribution in [3.8, 4) is 11.5 Å². The Balaban J connectivity index is 1.30. The lowest BCUT2D eigenvalue weighted by molar-refractivity contribution is -0.117. The molecule has 0 saturated carbocycles. The number of hydrogen-bond donors (Lipinski definition) is 1. The number of benzene rings is 1. The van der Waals surface area contributed by atoms with Crippen molar-refractivity contribution in [2.45, 2.75) is 39.5 Å². The summed E-state index contributed by atoms with van der Waals surface area (Å²) in [4.78, 5) is 14.8. The van der Waals surface area contributed by atoms with E-state index in [1.807, 2.05) is 30.7 Å². The number of likely N-dealkylation sites (tertiary alicyclic amines) is 1. The smallest absolute Gasteiger partial charge is 0.248 e. The monoisotopic (exact) mass is 410 g/mol. The van der Waals surface area contributed by atoms with Gasteiger partial charge in [-0.05, 0) is 69.3 Å². The van der Waals surface area contributed by atoms with Gasteiger partial charge in [0.15, 0.2) is 0 Å². The van der Waals surface area contributed by atoms with Gasteiger partial charge in [-0.3, -0.25) is 9.69 Å². The highest BCUT2D eigenvalue weighted by atomic mass is 32.1. The summed E-state index contributed by atoms with van der Waals surface area (Å²) in [6.07, 6.45) is 1.84. The molecule has 0 atom stereocenters. The van der Waals surface area contributed by atoms with Crippen molar-refractivity contribution in [3.05, 3.63) is 51.5 Å². The van der Waals surface area contributed by atoms with Gasteiger partial charge >= 0.3 is 0 Å². The number of thiophene rings is 1. The van der Waals surface area contributed by atoms with Crippen molar-refractivity contribution in [1.29, 1.82) is 0 Å². The van der Waals surface area contributed by atoms with Crippen LogP contribution in [-0.2, 0) is 4.79 Å². The summed E-state index contributed by atoms with van der Waals surface area (Å²) in [5, 5.41) is 15.5. The highest BCUT2D eigenvalue weighted by Crippen LogP contribution is 2.30. The standard InChI is InChI=1S/C22H26N4O2S/c1-14-10-15(2)20(16(3)11-14)23-19(27)12-26-7-4-17(5-8-26)21-24-25-22(28-21)18-6-9-29-13-18/h6,9-11,13,17H,4-5,7-8,12H2,1-3H3,(H,23,27). The van der Waals surface area contributed by atoms with Crippen molar-refractivity contribution >= 4 is 22.9 Å². The summed E-state index contributed by atoms with van der Waals surface area (Å²) in [5.41, 5.74) is 5.33. The topological polar surface area (TPSA) is 71.3 Å². The number of carbonyl (C=O) groups excluding carboxylic acids is 1. The maximum absolute atomic E-state index is 12.6. The van der Waals surface area contributed by atoms with Gasteiger partial charge in [-0.25, -0.2) is 0 Å². The van der Waals surface area contributed by atoms with Gasteiger partial charge in [0.2, 0.25) is 17.7 Å². The van der Waals surface area contributed by atoms with E-state index >= 15 is 0 Å². The van der Waals surface area contributed by atoms with Gasteiger partial charge in [0, 0.05) is 22.5 Å². The highest BCUT2D eigenvalue weighted by Gasteiger charge is 2.26. The van der Waals surface area contributed by atoms with Gasteiger partial charge < -0.3 is 9.73 Å². The molecule has 3 aromatic rings. The van der Waals surface area contributed by atoms with Crippen LogP contribution in [0, 0.1) is 20.8 Å². The summed E-state index contributed by atoms with van der Waals surface area (Å²) in [5.74, 6) is 1.60. The molecular formula is C22H26N4O2S. The molecule has 1 aromatic carbocycles. The maximum atomic E-state index is 12.6. The molecule has 29 heavy (non-hydrogen) atoms. The number of aryl methyl sites for hydroxylation is 3. The minimum absolute atomic E-state index is 0.0380. The van der Waals surface area contributed by atoms with Crippen LogP contribution < -0.4 is 5.32 Å². The van der Waals surface area contributed by atoms with Gasteiger partial charge in [0.25, 0.3) is 0 Å². The van der Waals surface area contributed by atoms with E-state index in [0.29, 0.717) is 18.3 Å². The summed E-state index contributed by atoms with van der Waals surface area (Å²) in [6, 6.07) is 6.19. The van der Waals surface area contributed by atoms with E-state index in [2.05, 4.69) is 39.5 Å². The molecule has 0 unspecified atom stereocenters. The molecule has 6 nitrogen and oxygen atoms in total. The molecule has 1 amide bonds. The average Bonchev–Trinajstić information content (AvgIpc) is 3.37. The first-order chi connectivity index (χ1) is 14.0. The fraction of sp³-hybridized carbons (Fsp3) is 0.409. The van der Waals surface area contributed by atoms with Crippen molar-refractivity contribution in [2.24, 2.45) is 0 Å². The lowest BCUT2D eigenvalue weighted by atomic mass is 9.97. The Kier molecular flexibility index (Phi) is 5.78. The molecule has 3 heterocycles. The van der Waals surface area contributed by atoms with Gasteiger partial charge in [-0.15, -0.1) is 10.2 Å². The Morgan fingerprint density at radius 2 is 1.93 bits per heavy atom. The maximum Gasteiger partial charge on any atom is 0.248 e. The van der Waals surface area contributed by atoms with Crippen LogP contribution in [0.1, 0.15) is 41.3 Å². The van der Waals surface area contributed by atoms with Crippen LogP contribution in [0.5, 0.6) is 0 Å². The summed E-state index contributed by atoms with van der Waals surface area (Å²) in [6.45, 7) is 8.25. The summed E-state index contributed by atoms with van der Waals surface area (Å²) in [7, 11) is 0. The largest absolute Gasteiger partial charge is 0.420 e. The van der Waals surface area contributed by atoms with Crippen LogP contribution in [0.4, 0.5) is 5.69 Å². The van der Waals surface area contributed by atoms with Crippen LogP contribution in [0.25, 0.3) is 11.5 Å². The second-order valence-corrected chi connectivity index (χ2v) is 8.61. The van der Waals surface area contributed by atoms with Crippen molar-refractivity contribution in [3.63, 3.8) is 0 Å². The average molecular weight is 411 g/mol. The molecule has 1 aliphatic heterocycles. The predicted molar refractivity (Wildman–Crippen MR) is 115 cm³/mol. The second-order valence-electron chi connectivity index (χ2n) is 7.83. The predicted octanol–water partition coefficient (Wildman–Crippen LogP) is 4.54. The third-order valence-electron chi connectivity index (χ3n) is 5.45. The molecule has 1 saturated heterocycles. The third kappa shape index (κ3) is 4.57. The minimum Gasteiger partial charge on any atom is -0.420 e. The van der Waals surface area contributed by atoms with Crippen LogP contribution in [0.3, 0.4) is 0 Å². The molecule has 152 valence electrons. The summed E-state index contributed by atoms with van der Waals surface area (Å²) < 4.78 is 5.89. The van der Waals surface area contributed by atoms with E-state index in [9.17, 15) is 4.79 Å². The number of aromatic nitrogens is 2. The minimum atomic E-state index is 0.0380. The van der Waals surface area contributed by atoms with E-state index in [1.165, 1.54) is 5.56 Å². The number of piperidine rings is 1. The zero-order chi connectivity index (χ0) is 20.4. The first-order valence-corrected chi connectivity index (χ1v) is 10.9. The number of nitrogens with zero attached hydrogens (tertiary/aromatic N) is 3. The zero-order valence-corrected chi connectivity index (χ0v) is 17.9. The molecular weight excluding hydrogens is 384 g/mol. The van der Waals surface area contributed by atoms with Crippen LogP contribution in [0.2, 0.25) is 0 Å². The third-order valence-corrected chi connectivity index (χ3v) is 6.14. The molecule has 1 aliphatic rings. The lowest BCUT2D eigenvalue weighted by Crippen LogP contribution is -2.39. The Bertz CT molecular complexity index is 965. The molecule has 0 bridgehead atoms. The van der Waals surface area contributed by atoms with Crippen LogP contribution in [-0.4, -0.2) is 40.6 Å². The number of anilines is 1. The van der Waals surface area contributed by atoms with Crippen LogP contribution in [0.15, 0.2) is 33.4 Å². The second kappa shape index (κ2) is 8.47. The van der Waals surface area contributed by atoms with E-state index in [4.69, 9.17) is 4.42 Å². The molecule has 7 heteroatoms. The van der Waals surface area contributed by atoms with E-state index in [0.717, 1.165) is 48.3 Å². The Morgan fingerprint density at radius 3 is 2.59 bits per heavy atom. The number of nitrogens with one attached hydrogen (secondary N) is 1. The molecule has 0 spiro atoms. The van der Waals surface area contributed by atoms with Gasteiger partial charge in [-0.1, -0.05) is 17.7 Å². The van der Waals surface area contributed by atoms with E-state index in [-0.39, 0.29) is 11.8 Å². The van der Waals surface area contributed by atoms with Crippen molar-refractivity contribution in [1.82, 2.24) is 15.1 Å². The van der Waals surface area contributed by atoms with Gasteiger partial charge in [-0.2, -0.15) is 11.3 Å². The SMILES string of the molecule is Cc1cc(C)c(NC(=O)CN2CCC(c3nnc(-c4ccsc4)o3)CC2)c(C)c1. The van der Waals surface area contributed by atoms with Gasteiger partial charge in [0.05, 0.1) is 6.54 Å². The lowest BCUT2D eigenvalue weighted by Gasteiger charge is -2.29. The molecule has 4 rings (SSSR count). The fourth-order valence-electron chi connectivity index (χ4n) is 4.00. The van der Waals surface area contributed by atoms with E-state index in [1.54, 1.807) is 11.3 Å². The van der Waals surface area contributed by atoms with Crippen molar-refractivity contribution in [2.75, 3.05) is 25.0 Å². The number of carbonyl (C=O) groups is 1. The molecule has 1 N–H and O–H groups in total. The van der Waals surface area contributed by atoms with E-state index < -0.39 is 0 Å². The Morgan fingerprint density at radius 1 is 1.21 bits per heavy atom. The highest BCUT2D eigenvalue weighted by molar-refractivity contribution is 7.08. The Labute approximate surface area is 175 Å².